The minimum absolute atomic E-state index is 0.191. The van der Waals surface area contributed by atoms with Crippen molar-refractivity contribution >= 4 is 50.3 Å². The standard InChI is InChI=1S/C19H16BrClN2O3/c1-23-16-9-14(21)6-5-11(16)8-17(23)18(24)22-10-13-4-3-12(7-15(13)20)19(25)26-2/h3-9H,10H2,1-2H3,(H,22,24). The summed E-state index contributed by atoms with van der Waals surface area (Å²) in [5.41, 5.74) is 2.74. The molecule has 1 amide bonds. The summed E-state index contributed by atoms with van der Waals surface area (Å²) in [4.78, 5) is 24.1. The second-order valence-electron chi connectivity index (χ2n) is 5.77. The highest BCUT2D eigenvalue weighted by Gasteiger charge is 2.14. The van der Waals surface area contributed by atoms with Crippen LogP contribution in [0.5, 0.6) is 0 Å². The van der Waals surface area contributed by atoms with E-state index in [0.29, 0.717) is 22.8 Å². The number of nitrogens with one attached hydrogen (secondary N) is 1. The van der Waals surface area contributed by atoms with Crippen molar-refractivity contribution in [1.29, 1.82) is 0 Å². The lowest BCUT2D eigenvalue weighted by atomic mass is 10.1. The number of aryl methyl sites for hydroxylation is 1. The summed E-state index contributed by atoms with van der Waals surface area (Å²) in [5.74, 6) is -0.598. The number of carbonyl (C=O) groups is 2. The summed E-state index contributed by atoms with van der Waals surface area (Å²) < 4.78 is 7.23. The van der Waals surface area contributed by atoms with E-state index in [-0.39, 0.29) is 5.91 Å². The quantitative estimate of drug-likeness (QED) is 0.621. The second-order valence-corrected chi connectivity index (χ2v) is 7.06. The molecule has 0 saturated heterocycles. The fourth-order valence-electron chi connectivity index (χ4n) is 2.72. The molecule has 1 aromatic heterocycles. The fraction of sp³-hybridized carbons (Fsp3) is 0.158. The van der Waals surface area contributed by atoms with Gasteiger partial charge in [0.2, 0.25) is 0 Å². The number of fused-ring (bicyclic) bond motifs is 1. The average Bonchev–Trinajstić information content (AvgIpc) is 2.96. The van der Waals surface area contributed by atoms with Gasteiger partial charge < -0.3 is 14.6 Å². The Morgan fingerprint density at radius 3 is 2.65 bits per heavy atom. The van der Waals surface area contributed by atoms with Gasteiger partial charge in [-0.2, -0.15) is 0 Å². The summed E-state index contributed by atoms with van der Waals surface area (Å²) in [7, 11) is 3.16. The van der Waals surface area contributed by atoms with Crippen molar-refractivity contribution in [2.45, 2.75) is 6.54 Å². The van der Waals surface area contributed by atoms with Gasteiger partial charge in [-0.25, -0.2) is 4.79 Å². The number of carbonyl (C=O) groups excluding carboxylic acids is 2. The van der Waals surface area contributed by atoms with Gasteiger partial charge in [0, 0.05) is 34.0 Å². The number of ether oxygens (including phenoxy) is 1. The van der Waals surface area contributed by atoms with E-state index in [1.54, 1.807) is 24.3 Å². The van der Waals surface area contributed by atoms with E-state index in [0.717, 1.165) is 20.9 Å². The third-order valence-corrected chi connectivity index (χ3v) is 5.13. The Morgan fingerprint density at radius 2 is 1.96 bits per heavy atom. The zero-order valence-electron chi connectivity index (χ0n) is 14.2. The Bertz CT molecular complexity index is 1010. The van der Waals surface area contributed by atoms with Gasteiger partial charge >= 0.3 is 5.97 Å². The molecule has 0 fully saturated rings. The van der Waals surface area contributed by atoms with Crippen molar-refractivity contribution in [3.63, 3.8) is 0 Å². The molecule has 2 aromatic carbocycles. The minimum Gasteiger partial charge on any atom is -0.465 e. The maximum absolute atomic E-state index is 12.6. The molecular formula is C19H16BrClN2O3. The molecule has 3 rings (SSSR count). The van der Waals surface area contributed by atoms with Gasteiger partial charge in [-0.1, -0.05) is 39.7 Å². The molecule has 0 spiro atoms. The number of nitrogens with zero attached hydrogens (tertiary/aromatic N) is 1. The van der Waals surface area contributed by atoms with Gasteiger partial charge in [0.25, 0.3) is 5.91 Å². The maximum Gasteiger partial charge on any atom is 0.337 e. The van der Waals surface area contributed by atoms with Crippen LogP contribution in [-0.4, -0.2) is 23.6 Å². The molecule has 0 saturated carbocycles. The summed E-state index contributed by atoms with van der Waals surface area (Å²) >= 11 is 9.45. The molecule has 26 heavy (non-hydrogen) atoms. The van der Waals surface area contributed by atoms with Crippen molar-refractivity contribution in [1.82, 2.24) is 9.88 Å². The lowest BCUT2D eigenvalue weighted by Gasteiger charge is -2.09. The molecule has 1 heterocycles. The first-order valence-electron chi connectivity index (χ1n) is 7.80. The molecule has 3 aromatic rings. The number of benzene rings is 2. The molecule has 134 valence electrons. The minimum atomic E-state index is -0.407. The Kier molecular flexibility index (Phi) is 5.34. The van der Waals surface area contributed by atoms with Gasteiger partial charge in [-0.15, -0.1) is 0 Å². The smallest absolute Gasteiger partial charge is 0.337 e. The molecule has 0 aliphatic carbocycles. The Morgan fingerprint density at radius 1 is 1.19 bits per heavy atom. The molecule has 5 nitrogen and oxygen atoms in total. The number of methoxy groups -OCH3 is 1. The fourth-order valence-corrected chi connectivity index (χ4v) is 3.41. The average molecular weight is 436 g/mol. The third-order valence-electron chi connectivity index (χ3n) is 4.15. The van der Waals surface area contributed by atoms with Gasteiger partial charge in [-0.05, 0) is 35.9 Å². The number of hydrogen-bond acceptors (Lipinski definition) is 3. The zero-order valence-corrected chi connectivity index (χ0v) is 16.5. The number of aromatic nitrogens is 1. The van der Waals surface area contributed by atoms with Crippen molar-refractivity contribution in [3.8, 4) is 0 Å². The maximum atomic E-state index is 12.6. The summed E-state index contributed by atoms with van der Waals surface area (Å²) in [6, 6.07) is 12.5. The number of hydrogen-bond donors (Lipinski definition) is 1. The van der Waals surface area contributed by atoms with Crippen LogP contribution >= 0.6 is 27.5 Å². The Hall–Kier alpha value is -2.31. The lowest BCUT2D eigenvalue weighted by Crippen LogP contribution is -2.25. The third kappa shape index (κ3) is 3.61. The molecular weight excluding hydrogens is 420 g/mol. The van der Waals surface area contributed by atoms with Crippen LogP contribution in [0.4, 0.5) is 0 Å². The van der Waals surface area contributed by atoms with Crippen LogP contribution in [0, 0.1) is 0 Å². The molecule has 0 atom stereocenters. The number of amides is 1. The molecule has 0 unspecified atom stereocenters. The Labute approximate surface area is 164 Å². The molecule has 0 bridgehead atoms. The van der Waals surface area contributed by atoms with Gasteiger partial charge in [0.1, 0.15) is 5.69 Å². The second kappa shape index (κ2) is 7.51. The molecule has 7 heteroatoms. The van der Waals surface area contributed by atoms with E-state index in [9.17, 15) is 9.59 Å². The normalized spacial score (nSPS) is 10.8. The van der Waals surface area contributed by atoms with Crippen LogP contribution in [0.3, 0.4) is 0 Å². The van der Waals surface area contributed by atoms with E-state index >= 15 is 0 Å². The summed E-state index contributed by atoms with van der Waals surface area (Å²) in [6.07, 6.45) is 0. The highest BCUT2D eigenvalue weighted by atomic mass is 79.9. The number of halogens is 2. The first-order valence-corrected chi connectivity index (χ1v) is 8.97. The Balaban J connectivity index is 1.77. The largest absolute Gasteiger partial charge is 0.465 e. The monoisotopic (exact) mass is 434 g/mol. The molecule has 0 aliphatic heterocycles. The highest BCUT2D eigenvalue weighted by Crippen LogP contribution is 2.23. The van der Waals surface area contributed by atoms with Crippen LogP contribution in [0.15, 0.2) is 46.9 Å². The van der Waals surface area contributed by atoms with Gasteiger partial charge in [0.05, 0.1) is 12.7 Å². The summed E-state index contributed by atoms with van der Waals surface area (Å²) in [6.45, 7) is 0.323. The van der Waals surface area contributed by atoms with E-state index in [2.05, 4.69) is 21.2 Å². The predicted octanol–water partition coefficient (Wildman–Crippen LogP) is 4.31. The SMILES string of the molecule is COC(=O)c1ccc(CNC(=O)c2cc3ccc(Cl)cc3n2C)c(Br)c1. The zero-order chi connectivity index (χ0) is 18.8. The number of rotatable bonds is 4. The highest BCUT2D eigenvalue weighted by molar-refractivity contribution is 9.10. The van der Waals surface area contributed by atoms with E-state index in [1.807, 2.05) is 29.8 Å². The topological polar surface area (TPSA) is 60.3 Å². The van der Waals surface area contributed by atoms with Crippen LogP contribution in [0.25, 0.3) is 10.9 Å². The van der Waals surface area contributed by atoms with E-state index < -0.39 is 5.97 Å². The summed E-state index contributed by atoms with van der Waals surface area (Å²) in [5, 5.41) is 4.47. The molecule has 0 aliphatic rings. The first kappa shape index (κ1) is 18.5. The molecule has 0 radical (unpaired) electrons. The van der Waals surface area contributed by atoms with Crippen LogP contribution in [0.1, 0.15) is 26.4 Å². The van der Waals surface area contributed by atoms with Crippen LogP contribution in [0.2, 0.25) is 5.02 Å². The van der Waals surface area contributed by atoms with Crippen LogP contribution in [-0.2, 0) is 18.3 Å². The van der Waals surface area contributed by atoms with Crippen molar-refractivity contribution < 1.29 is 14.3 Å². The van der Waals surface area contributed by atoms with Gasteiger partial charge in [0.15, 0.2) is 0 Å². The van der Waals surface area contributed by atoms with Gasteiger partial charge in [-0.3, -0.25) is 4.79 Å². The van der Waals surface area contributed by atoms with E-state index in [1.165, 1.54) is 7.11 Å². The predicted molar refractivity (Wildman–Crippen MR) is 105 cm³/mol. The van der Waals surface area contributed by atoms with E-state index in [4.69, 9.17) is 16.3 Å². The van der Waals surface area contributed by atoms with Crippen molar-refractivity contribution in [2.75, 3.05) is 7.11 Å². The lowest BCUT2D eigenvalue weighted by molar-refractivity contribution is 0.0600. The van der Waals surface area contributed by atoms with Crippen molar-refractivity contribution in [3.05, 3.63) is 68.8 Å². The molecule has 1 N–H and O–H groups in total. The van der Waals surface area contributed by atoms with Crippen molar-refractivity contribution in [2.24, 2.45) is 7.05 Å². The number of esters is 1. The first-order chi connectivity index (χ1) is 12.4. The van der Waals surface area contributed by atoms with Crippen LogP contribution < -0.4 is 5.32 Å².